The van der Waals surface area contributed by atoms with Gasteiger partial charge in [0.1, 0.15) is 0 Å². The van der Waals surface area contributed by atoms with Crippen LogP contribution in [0.3, 0.4) is 0 Å². The van der Waals surface area contributed by atoms with Crippen molar-refractivity contribution >= 4 is 17.5 Å². The van der Waals surface area contributed by atoms with Gasteiger partial charge in [0.2, 0.25) is 0 Å². The van der Waals surface area contributed by atoms with Crippen molar-refractivity contribution in [1.29, 1.82) is 0 Å². The minimum absolute atomic E-state index is 0.0573. The number of carbonyl (C=O) groups is 1. The topological polar surface area (TPSA) is 46.9 Å². The summed E-state index contributed by atoms with van der Waals surface area (Å²) < 4.78 is 1.71. The molecular weight excluding hydrogens is 238 g/mol. The first kappa shape index (κ1) is 12.4. The summed E-state index contributed by atoms with van der Waals surface area (Å²) in [6.45, 7) is 1.89. The average molecular weight is 256 g/mol. The molecule has 2 rings (SSSR count). The minimum Gasteiger partial charge on any atom is -0.345 e. The number of nitrogens with one attached hydrogen (secondary N) is 1. The summed E-state index contributed by atoms with van der Waals surface area (Å²) >= 11 is 6.01. The van der Waals surface area contributed by atoms with Gasteiger partial charge in [-0.05, 0) is 19.8 Å². The molecule has 0 bridgehead atoms. The number of rotatable bonds is 3. The Bertz CT molecular complexity index is 421. The van der Waals surface area contributed by atoms with Crippen molar-refractivity contribution in [1.82, 2.24) is 15.1 Å². The molecule has 0 aliphatic heterocycles. The lowest BCUT2D eigenvalue weighted by molar-refractivity contribution is 0.0908. The van der Waals surface area contributed by atoms with Crippen LogP contribution in [0.4, 0.5) is 0 Å². The largest absolute Gasteiger partial charge is 0.345 e. The molecule has 94 valence electrons. The Morgan fingerprint density at radius 1 is 1.59 bits per heavy atom. The number of carbonyl (C=O) groups excluding carboxylic acids is 1. The quantitative estimate of drug-likeness (QED) is 0.840. The van der Waals surface area contributed by atoms with Crippen LogP contribution in [0.2, 0.25) is 0 Å². The second kappa shape index (κ2) is 4.69. The molecule has 1 fully saturated rings. The van der Waals surface area contributed by atoms with Gasteiger partial charge in [-0.3, -0.25) is 9.48 Å². The lowest BCUT2D eigenvalue weighted by atomic mass is 10.00. The third-order valence-corrected chi connectivity index (χ3v) is 4.19. The van der Waals surface area contributed by atoms with Crippen molar-refractivity contribution in [3.63, 3.8) is 0 Å². The van der Waals surface area contributed by atoms with Crippen LogP contribution in [0.1, 0.15) is 41.7 Å². The number of hydrogen-bond donors (Lipinski definition) is 1. The number of nitrogens with zero attached hydrogens (tertiary/aromatic N) is 2. The van der Waals surface area contributed by atoms with Gasteiger partial charge >= 0.3 is 0 Å². The minimum atomic E-state index is -0.207. The molecular formula is C12H18ClN3O. The monoisotopic (exact) mass is 255 g/mol. The Morgan fingerprint density at radius 3 is 2.71 bits per heavy atom. The summed E-state index contributed by atoms with van der Waals surface area (Å²) in [5.41, 5.74) is 1.31. The zero-order valence-corrected chi connectivity index (χ0v) is 11.0. The first-order valence-corrected chi connectivity index (χ1v) is 6.48. The lowest BCUT2D eigenvalue weighted by Crippen LogP contribution is -2.48. The van der Waals surface area contributed by atoms with Gasteiger partial charge in [0.25, 0.3) is 5.91 Å². The van der Waals surface area contributed by atoms with Crippen molar-refractivity contribution in [2.24, 2.45) is 7.05 Å². The van der Waals surface area contributed by atoms with Gasteiger partial charge in [-0.25, -0.2) is 0 Å². The number of alkyl halides is 1. The zero-order valence-electron chi connectivity index (χ0n) is 10.3. The molecule has 1 N–H and O–H groups in total. The summed E-state index contributed by atoms with van der Waals surface area (Å²) in [7, 11) is 1.83. The maximum atomic E-state index is 12.2. The second-order valence-corrected chi connectivity index (χ2v) is 5.11. The predicted octanol–water partition coefficient (Wildman–Crippen LogP) is 2.01. The van der Waals surface area contributed by atoms with E-state index in [0.29, 0.717) is 11.4 Å². The van der Waals surface area contributed by atoms with Crippen molar-refractivity contribution < 1.29 is 4.79 Å². The van der Waals surface area contributed by atoms with Crippen molar-refractivity contribution in [3.8, 4) is 0 Å². The number of hydrogen-bond acceptors (Lipinski definition) is 2. The molecule has 4 nitrogen and oxygen atoms in total. The predicted molar refractivity (Wildman–Crippen MR) is 67.3 cm³/mol. The summed E-state index contributed by atoms with van der Waals surface area (Å²) in [6, 6.07) is 0. The molecule has 1 aromatic heterocycles. The van der Waals surface area contributed by atoms with Crippen molar-refractivity contribution in [2.45, 2.75) is 38.1 Å². The zero-order chi connectivity index (χ0) is 12.5. The molecule has 1 amide bonds. The lowest BCUT2D eigenvalue weighted by Gasteiger charge is -2.27. The van der Waals surface area contributed by atoms with E-state index in [0.717, 1.165) is 31.4 Å². The standard InChI is InChI=1S/C12H18ClN3O/c1-9-10(7-14-16(9)2)11(17)15-12(8-13)5-3-4-6-12/h7H,3-6,8H2,1-2H3,(H,15,17). The SMILES string of the molecule is Cc1c(C(=O)NC2(CCl)CCCC2)cnn1C. The molecule has 17 heavy (non-hydrogen) atoms. The van der Waals surface area contributed by atoms with Gasteiger partial charge in [0.05, 0.1) is 17.3 Å². The molecule has 1 heterocycles. The molecule has 1 aliphatic carbocycles. The van der Waals surface area contributed by atoms with Crippen molar-refractivity contribution in [3.05, 3.63) is 17.5 Å². The Morgan fingerprint density at radius 2 is 2.24 bits per heavy atom. The summed E-state index contributed by atoms with van der Waals surface area (Å²) in [4.78, 5) is 12.2. The van der Waals surface area contributed by atoms with E-state index >= 15 is 0 Å². The fourth-order valence-electron chi connectivity index (χ4n) is 2.37. The molecule has 0 saturated heterocycles. The van der Waals surface area contributed by atoms with Gasteiger partial charge in [-0.1, -0.05) is 12.8 Å². The van der Waals surface area contributed by atoms with Gasteiger partial charge in [0, 0.05) is 18.6 Å². The molecule has 1 aromatic rings. The summed E-state index contributed by atoms with van der Waals surface area (Å²) in [6.07, 6.45) is 5.84. The van der Waals surface area contributed by atoms with Crippen LogP contribution in [-0.4, -0.2) is 27.1 Å². The van der Waals surface area contributed by atoms with Crippen LogP contribution >= 0.6 is 11.6 Å². The molecule has 0 atom stereocenters. The van der Waals surface area contributed by atoms with Crippen LogP contribution < -0.4 is 5.32 Å². The van der Waals surface area contributed by atoms with Crippen LogP contribution in [0, 0.1) is 6.92 Å². The van der Waals surface area contributed by atoms with E-state index in [2.05, 4.69) is 10.4 Å². The van der Waals surface area contributed by atoms with Gasteiger partial charge in [0.15, 0.2) is 0 Å². The first-order chi connectivity index (χ1) is 8.08. The maximum Gasteiger partial charge on any atom is 0.255 e. The number of halogens is 1. The average Bonchev–Trinajstić information content (AvgIpc) is 2.89. The van der Waals surface area contributed by atoms with Gasteiger partial charge < -0.3 is 5.32 Å². The van der Waals surface area contributed by atoms with Crippen LogP contribution in [0.15, 0.2) is 6.20 Å². The van der Waals surface area contributed by atoms with E-state index in [1.807, 2.05) is 14.0 Å². The molecule has 0 spiro atoms. The number of amides is 1. The first-order valence-electron chi connectivity index (χ1n) is 5.95. The molecule has 0 radical (unpaired) electrons. The second-order valence-electron chi connectivity index (χ2n) is 4.84. The van der Waals surface area contributed by atoms with E-state index in [9.17, 15) is 4.79 Å². The van der Waals surface area contributed by atoms with Crippen LogP contribution in [0.5, 0.6) is 0 Å². The third kappa shape index (κ3) is 2.32. The molecule has 1 aliphatic rings. The van der Waals surface area contributed by atoms with Crippen molar-refractivity contribution in [2.75, 3.05) is 5.88 Å². The van der Waals surface area contributed by atoms with Gasteiger partial charge in [-0.2, -0.15) is 5.10 Å². The Balaban J connectivity index is 2.13. The smallest absolute Gasteiger partial charge is 0.255 e. The van der Waals surface area contributed by atoms with Crippen LogP contribution in [0.25, 0.3) is 0 Å². The highest BCUT2D eigenvalue weighted by atomic mass is 35.5. The van der Waals surface area contributed by atoms with E-state index in [1.165, 1.54) is 0 Å². The Labute approximate surface area is 106 Å². The third-order valence-electron chi connectivity index (χ3n) is 3.68. The fraction of sp³-hybridized carbons (Fsp3) is 0.667. The Hall–Kier alpha value is -1.03. The van der Waals surface area contributed by atoms with E-state index < -0.39 is 0 Å². The molecule has 0 unspecified atom stereocenters. The van der Waals surface area contributed by atoms with Crippen LogP contribution in [-0.2, 0) is 7.05 Å². The van der Waals surface area contributed by atoms with E-state index in [-0.39, 0.29) is 11.4 Å². The highest BCUT2D eigenvalue weighted by Crippen LogP contribution is 2.31. The highest BCUT2D eigenvalue weighted by Gasteiger charge is 2.35. The molecule has 0 aromatic carbocycles. The highest BCUT2D eigenvalue weighted by molar-refractivity contribution is 6.19. The summed E-state index contributed by atoms with van der Waals surface area (Å²) in [5, 5.41) is 7.17. The molecule has 5 heteroatoms. The van der Waals surface area contributed by atoms with Gasteiger partial charge in [-0.15, -0.1) is 11.6 Å². The number of aryl methyl sites for hydroxylation is 1. The summed E-state index contributed by atoms with van der Waals surface area (Å²) in [5.74, 6) is 0.427. The van der Waals surface area contributed by atoms with E-state index in [4.69, 9.17) is 11.6 Å². The van der Waals surface area contributed by atoms with E-state index in [1.54, 1.807) is 10.9 Å². The normalized spacial score (nSPS) is 18.3. The maximum absolute atomic E-state index is 12.2. The fourth-order valence-corrected chi connectivity index (χ4v) is 2.71. The molecule has 1 saturated carbocycles. The number of aromatic nitrogens is 2. The Kier molecular flexibility index (Phi) is 3.43.